The first kappa shape index (κ1) is 14.8. The molecule has 0 saturated heterocycles. The number of carbonyl (C=O) groups is 1. The average Bonchev–Trinajstić information content (AvgIpc) is 3.11. The Kier molecular flexibility index (Phi) is 4.32. The minimum Gasteiger partial charge on any atom is -0.350 e. The fourth-order valence-corrected chi connectivity index (χ4v) is 1.96. The van der Waals surface area contributed by atoms with Crippen molar-refractivity contribution in [3.63, 3.8) is 0 Å². The van der Waals surface area contributed by atoms with Gasteiger partial charge in [0.1, 0.15) is 18.5 Å². The van der Waals surface area contributed by atoms with Crippen LogP contribution in [0, 0.1) is 5.82 Å². The number of hydrogen-bond donors (Lipinski definition) is 1. The molecule has 7 nitrogen and oxygen atoms in total. The third-order valence-electron chi connectivity index (χ3n) is 3.15. The maximum absolute atomic E-state index is 12.8. The fourth-order valence-electron chi connectivity index (χ4n) is 1.96. The summed E-state index contributed by atoms with van der Waals surface area (Å²) in [6, 6.07) is 9.37. The van der Waals surface area contributed by atoms with E-state index in [1.54, 1.807) is 24.3 Å². The van der Waals surface area contributed by atoms with Gasteiger partial charge in [0.05, 0.1) is 0 Å². The molecule has 1 amide bonds. The zero-order valence-corrected chi connectivity index (χ0v) is 12.1. The van der Waals surface area contributed by atoms with Crippen LogP contribution in [0.1, 0.15) is 16.1 Å². The van der Waals surface area contributed by atoms with E-state index in [0.717, 1.165) is 5.56 Å². The molecule has 0 aliphatic carbocycles. The third-order valence-corrected chi connectivity index (χ3v) is 3.15. The first-order valence-electron chi connectivity index (χ1n) is 6.94. The summed E-state index contributed by atoms with van der Waals surface area (Å²) in [6.07, 6.45) is 3.49. The van der Waals surface area contributed by atoms with Crippen LogP contribution in [-0.2, 0) is 6.42 Å². The summed E-state index contributed by atoms with van der Waals surface area (Å²) in [5.74, 6) is -0.115. The van der Waals surface area contributed by atoms with Crippen molar-refractivity contribution in [2.24, 2.45) is 0 Å². The zero-order valence-electron chi connectivity index (χ0n) is 12.1. The Bertz CT molecular complexity index is 771. The van der Waals surface area contributed by atoms with Crippen molar-refractivity contribution in [3.8, 4) is 5.82 Å². The van der Waals surface area contributed by atoms with Gasteiger partial charge in [-0.2, -0.15) is 5.10 Å². The molecule has 0 unspecified atom stereocenters. The van der Waals surface area contributed by atoms with Gasteiger partial charge in [-0.1, -0.05) is 12.1 Å². The Balaban J connectivity index is 1.55. The molecule has 2 aromatic heterocycles. The highest BCUT2D eigenvalue weighted by Crippen LogP contribution is 2.04. The molecule has 3 rings (SSSR count). The Morgan fingerprint density at radius 2 is 1.96 bits per heavy atom. The molecule has 3 aromatic rings. The number of carbonyl (C=O) groups excluding carboxylic acids is 1. The first-order valence-corrected chi connectivity index (χ1v) is 6.94. The number of aromatic nitrogens is 5. The Hall–Kier alpha value is -3.16. The van der Waals surface area contributed by atoms with Crippen molar-refractivity contribution < 1.29 is 9.18 Å². The van der Waals surface area contributed by atoms with E-state index in [1.807, 2.05) is 0 Å². The summed E-state index contributed by atoms with van der Waals surface area (Å²) in [5.41, 5.74) is 1.16. The number of hydrogen-bond acceptors (Lipinski definition) is 5. The van der Waals surface area contributed by atoms with Crippen LogP contribution in [0.25, 0.3) is 5.82 Å². The van der Waals surface area contributed by atoms with Crippen LogP contribution in [-0.4, -0.2) is 37.4 Å². The van der Waals surface area contributed by atoms with Crippen molar-refractivity contribution in [3.05, 3.63) is 66.1 Å². The molecule has 0 bridgehead atoms. The van der Waals surface area contributed by atoms with Gasteiger partial charge in [0.15, 0.2) is 11.5 Å². The quantitative estimate of drug-likeness (QED) is 0.764. The van der Waals surface area contributed by atoms with Crippen LogP contribution < -0.4 is 5.32 Å². The summed E-state index contributed by atoms with van der Waals surface area (Å²) in [5, 5.41) is 14.5. The smallest absolute Gasteiger partial charge is 0.271 e. The van der Waals surface area contributed by atoms with Crippen LogP contribution in [0.2, 0.25) is 0 Å². The molecule has 1 aromatic carbocycles. The predicted octanol–water partition coefficient (Wildman–Crippen LogP) is 1.17. The zero-order chi connectivity index (χ0) is 16.1. The van der Waals surface area contributed by atoms with Gasteiger partial charge in [-0.05, 0) is 36.2 Å². The van der Waals surface area contributed by atoms with Crippen LogP contribution in [0.3, 0.4) is 0 Å². The van der Waals surface area contributed by atoms with E-state index in [1.165, 1.54) is 29.5 Å². The van der Waals surface area contributed by atoms with E-state index < -0.39 is 0 Å². The fraction of sp³-hybridized carbons (Fsp3) is 0.133. The molecule has 2 heterocycles. The van der Waals surface area contributed by atoms with Gasteiger partial charge in [0.25, 0.3) is 5.91 Å². The second kappa shape index (κ2) is 6.73. The maximum Gasteiger partial charge on any atom is 0.271 e. The van der Waals surface area contributed by atoms with Gasteiger partial charge in [0, 0.05) is 6.54 Å². The maximum atomic E-state index is 12.8. The molecule has 0 fully saturated rings. The highest BCUT2D eigenvalue weighted by molar-refractivity contribution is 5.92. The van der Waals surface area contributed by atoms with E-state index in [0.29, 0.717) is 18.8 Å². The SMILES string of the molecule is O=C(NCCc1ccc(F)cc1)c1ccc(-n2cncn2)nn1. The molecule has 0 spiro atoms. The molecule has 0 saturated carbocycles. The second-order valence-electron chi connectivity index (χ2n) is 4.75. The van der Waals surface area contributed by atoms with Crippen molar-refractivity contribution in [2.45, 2.75) is 6.42 Å². The van der Waals surface area contributed by atoms with Crippen molar-refractivity contribution in [1.29, 1.82) is 0 Å². The monoisotopic (exact) mass is 312 g/mol. The van der Waals surface area contributed by atoms with Crippen LogP contribution in [0.15, 0.2) is 49.1 Å². The topological polar surface area (TPSA) is 85.6 Å². The molecule has 0 aliphatic heterocycles. The Morgan fingerprint density at radius 3 is 2.61 bits per heavy atom. The molecule has 8 heteroatoms. The van der Waals surface area contributed by atoms with Crippen LogP contribution >= 0.6 is 0 Å². The molecule has 0 atom stereocenters. The minimum absolute atomic E-state index is 0.216. The number of halogens is 1. The lowest BCUT2D eigenvalue weighted by atomic mass is 10.1. The summed E-state index contributed by atoms with van der Waals surface area (Å²) in [6.45, 7) is 0.428. The van der Waals surface area contributed by atoms with Crippen LogP contribution in [0.4, 0.5) is 4.39 Å². The normalized spacial score (nSPS) is 10.5. The van der Waals surface area contributed by atoms with Gasteiger partial charge >= 0.3 is 0 Å². The number of benzene rings is 1. The lowest BCUT2D eigenvalue weighted by Gasteiger charge is -2.05. The summed E-state index contributed by atoms with van der Waals surface area (Å²) in [4.78, 5) is 15.8. The predicted molar refractivity (Wildman–Crippen MR) is 79.4 cm³/mol. The molecule has 116 valence electrons. The third kappa shape index (κ3) is 3.73. The Labute approximate surface area is 131 Å². The van der Waals surface area contributed by atoms with Gasteiger partial charge in [-0.25, -0.2) is 14.1 Å². The molecule has 0 aliphatic rings. The lowest BCUT2D eigenvalue weighted by molar-refractivity contribution is 0.0948. The summed E-state index contributed by atoms with van der Waals surface area (Å²) < 4.78 is 14.2. The molecule has 1 N–H and O–H groups in total. The summed E-state index contributed by atoms with van der Waals surface area (Å²) >= 11 is 0. The molecule has 23 heavy (non-hydrogen) atoms. The highest BCUT2D eigenvalue weighted by Gasteiger charge is 2.08. The number of nitrogens with zero attached hydrogens (tertiary/aromatic N) is 5. The van der Waals surface area contributed by atoms with E-state index >= 15 is 0 Å². The van der Waals surface area contributed by atoms with Gasteiger partial charge < -0.3 is 5.32 Å². The number of rotatable bonds is 5. The first-order chi connectivity index (χ1) is 11.2. The standard InChI is InChI=1S/C15H13FN6O/c16-12-3-1-11(2-4-12)7-8-18-15(23)13-5-6-14(21-20-13)22-10-17-9-19-22/h1-6,9-10H,7-8H2,(H,18,23). The summed E-state index contributed by atoms with van der Waals surface area (Å²) in [7, 11) is 0. The van der Waals surface area contributed by atoms with Gasteiger partial charge in [-0.3, -0.25) is 4.79 Å². The van der Waals surface area contributed by atoms with E-state index in [2.05, 4.69) is 25.6 Å². The van der Waals surface area contributed by atoms with Crippen molar-refractivity contribution >= 4 is 5.91 Å². The minimum atomic E-state index is -0.315. The molecule has 0 radical (unpaired) electrons. The second-order valence-corrected chi connectivity index (χ2v) is 4.75. The molecular weight excluding hydrogens is 299 g/mol. The number of amides is 1. The van der Waals surface area contributed by atoms with Gasteiger partial charge in [-0.15, -0.1) is 10.2 Å². The van der Waals surface area contributed by atoms with Gasteiger partial charge in [0.2, 0.25) is 0 Å². The largest absolute Gasteiger partial charge is 0.350 e. The number of nitrogens with one attached hydrogen (secondary N) is 1. The average molecular weight is 312 g/mol. The van der Waals surface area contributed by atoms with E-state index in [4.69, 9.17) is 0 Å². The lowest BCUT2D eigenvalue weighted by Crippen LogP contribution is -2.26. The van der Waals surface area contributed by atoms with Crippen molar-refractivity contribution in [2.75, 3.05) is 6.54 Å². The van der Waals surface area contributed by atoms with Crippen LogP contribution in [0.5, 0.6) is 0 Å². The van der Waals surface area contributed by atoms with E-state index in [9.17, 15) is 9.18 Å². The molecular formula is C15H13FN6O. The van der Waals surface area contributed by atoms with Crippen molar-refractivity contribution in [1.82, 2.24) is 30.3 Å². The highest BCUT2D eigenvalue weighted by atomic mass is 19.1. The Morgan fingerprint density at radius 1 is 1.13 bits per heavy atom. The van der Waals surface area contributed by atoms with E-state index in [-0.39, 0.29) is 17.4 Å².